The molecule has 0 bridgehead atoms. The van der Waals surface area contributed by atoms with E-state index in [0.29, 0.717) is 23.9 Å². The SMILES string of the molecule is CCC1C(CC2NCCc3cc(OC)c(OC)cc32)CCN2CCc3cc(OC)c(OC)cc3C12.Cl.Cl. The highest BCUT2D eigenvalue weighted by Crippen LogP contribution is 2.49. The van der Waals surface area contributed by atoms with Crippen LogP contribution in [-0.2, 0) is 12.8 Å². The van der Waals surface area contributed by atoms with Gasteiger partial charge in [-0.2, -0.15) is 0 Å². The second-order valence-electron chi connectivity index (χ2n) is 10.2. The minimum atomic E-state index is 0. The molecule has 4 atom stereocenters. The van der Waals surface area contributed by atoms with Crippen molar-refractivity contribution in [2.75, 3.05) is 48.1 Å². The maximum Gasteiger partial charge on any atom is 0.161 e. The quantitative estimate of drug-likeness (QED) is 0.469. The molecule has 2 aromatic carbocycles. The van der Waals surface area contributed by atoms with E-state index in [1.165, 1.54) is 35.1 Å². The summed E-state index contributed by atoms with van der Waals surface area (Å²) >= 11 is 0. The van der Waals surface area contributed by atoms with Gasteiger partial charge < -0.3 is 24.3 Å². The number of hydrogen-bond donors (Lipinski definition) is 1. The second kappa shape index (κ2) is 12.8. The van der Waals surface area contributed by atoms with Crippen molar-refractivity contribution in [1.82, 2.24) is 10.2 Å². The van der Waals surface area contributed by atoms with E-state index in [1.807, 2.05) is 0 Å². The van der Waals surface area contributed by atoms with E-state index >= 15 is 0 Å². The number of halogens is 2. The Balaban J connectivity index is 0.00000190. The van der Waals surface area contributed by atoms with Crippen molar-refractivity contribution < 1.29 is 18.9 Å². The fourth-order valence-corrected chi connectivity index (χ4v) is 6.92. The van der Waals surface area contributed by atoms with Crippen LogP contribution in [0.15, 0.2) is 24.3 Å². The molecule has 3 aliphatic heterocycles. The van der Waals surface area contributed by atoms with E-state index in [1.54, 1.807) is 28.4 Å². The van der Waals surface area contributed by atoms with Crippen molar-refractivity contribution in [2.24, 2.45) is 11.8 Å². The number of benzene rings is 2. The number of hydrogen-bond acceptors (Lipinski definition) is 6. The zero-order valence-corrected chi connectivity index (χ0v) is 24.3. The van der Waals surface area contributed by atoms with Crippen LogP contribution in [0, 0.1) is 11.8 Å². The number of fused-ring (bicyclic) bond motifs is 4. The summed E-state index contributed by atoms with van der Waals surface area (Å²) in [6.45, 7) is 5.65. The minimum absolute atomic E-state index is 0. The highest BCUT2D eigenvalue weighted by Gasteiger charge is 2.42. The average Bonchev–Trinajstić information content (AvgIpc) is 2.91. The maximum atomic E-state index is 5.70. The van der Waals surface area contributed by atoms with Crippen molar-refractivity contribution in [3.8, 4) is 23.0 Å². The van der Waals surface area contributed by atoms with Crippen LogP contribution in [0.5, 0.6) is 23.0 Å². The zero-order chi connectivity index (χ0) is 24.5. The molecule has 0 amide bonds. The van der Waals surface area contributed by atoms with Gasteiger partial charge in [0.1, 0.15) is 0 Å². The normalized spacial score (nSPS) is 24.4. The van der Waals surface area contributed by atoms with E-state index in [0.717, 1.165) is 61.9 Å². The molecule has 6 nitrogen and oxygen atoms in total. The van der Waals surface area contributed by atoms with Crippen LogP contribution in [0.4, 0.5) is 0 Å². The Hall–Kier alpha value is -1.86. The largest absolute Gasteiger partial charge is 0.493 e. The molecule has 0 aliphatic carbocycles. The van der Waals surface area contributed by atoms with Crippen LogP contribution in [0.3, 0.4) is 0 Å². The number of rotatable bonds is 7. The summed E-state index contributed by atoms with van der Waals surface area (Å²) in [7, 11) is 6.91. The molecular weight excluding hydrogens is 511 g/mol. The fraction of sp³-hybridized carbons (Fsp3) is 0.586. The molecule has 37 heavy (non-hydrogen) atoms. The van der Waals surface area contributed by atoms with E-state index in [9.17, 15) is 0 Å². The van der Waals surface area contributed by atoms with E-state index < -0.39 is 0 Å². The Labute approximate surface area is 234 Å². The lowest BCUT2D eigenvalue weighted by Gasteiger charge is -2.49. The fourth-order valence-electron chi connectivity index (χ4n) is 6.92. The molecular formula is C29H42Cl2N2O4. The Morgan fingerprint density at radius 1 is 0.784 bits per heavy atom. The van der Waals surface area contributed by atoms with Gasteiger partial charge in [0.15, 0.2) is 23.0 Å². The second-order valence-corrected chi connectivity index (χ2v) is 10.2. The molecule has 0 aromatic heterocycles. The Kier molecular flexibility index (Phi) is 10.3. The molecule has 2 aromatic rings. The Morgan fingerprint density at radius 3 is 1.95 bits per heavy atom. The zero-order valence-electron chi connectivity index (χ0n) is 22.7. The monoisotopic (exact) mass is 552 g/mol. The van der Waals surface area contributed by atoms with Crippen LogP contribution < -0.4 is 24.3 Å². The number of piperidine rings is 1. The predicted octanol–water partition coefficient (Wildman–Crippen LogP) is 5.79. The van der Waals surface area contributed by atoms with Gasteiger partial charge in [-0.05, 0) is 97.1 Å². The van der Waals surface area contributed by atoms with Crippen molar-refractivity contribution in [1.29, 1.82) is 0 Å². The average molecular weight is 554 g/mol. The summed E-state index contributed by atoms with van der Waals surface area (Å²) in [4.78, 5) is 2.72. The molecule has 0 saturated carbocycles. The third-order valence-electron chi connectivity index (χ3n) is 8.64. The summed E-state index contributed by atoms with van der Waals surface area (Å²) in [5.74, 6) is 4.59. The van der Waals surface area contributed by atoms with Crippen LogP contribution in [0.1, 0.15) is 60.5 Å². The smallest absolute Gasteiger partial charge is 0.161 e. The molecule has 3 aliphatic rings. The molecule has 3 heterocycles. The highest BCUT2D eigenvalue weighted by atomic mass is 35.5. The summed E-state index contributed by atoms with van der Waals surface area (Å²) < 4.78 is 22.6. The molecule has 1 saturated heterocycles. The van der Waals surface area contributed by atoms with Crippen LogP contribution >= 0.6 is 24.8 Å². The van der Waals surface area contributed by atoms with E-state index in [4.69, 9.17) is 18.9 Å². The van der Waals surface area contributed by atoms with Crippen molar-refractivity contribution in [3.05, 3.63) is 46.5 Å². The lowest BCUT2D eigenvalue weighted by atomic mass is 9.70. The van der Waals surface area contributed by atoms with Gasteiger partial charge in [0.2, 0.25) is 0 Å². The van der Waals surface area contributed by atoms with Gasteiger partial charge >= 0.3 is 0 Å². The highest BCUT2D eigenvalue weighted by molar-refractivity contribution is 5.85. The Bertz CT molecular complexity index is 1070. The first-order valence-corrected chi connectivity index (χ1v) is 13.1. The van der Waals surface area contributed by atoms with Gasteiger partial charge in [0, 0.05) is 18.6 Å². The lowest BCUT2D eigenvalue weighted by molar-refractivity contribution is 0.0291. The first-order valence-electron chi connectivity index (χ1n) is 13.1. The van der Waals surface area contributed by atoms with E-state index in [-0.39, 0.29) is 24.8 Å². The molecule has 0 radical (unpaired) electrons. The molecule has 1 fully saturated rings. The van der Waals surface area contributed by atoms with Gasteiger partial charge in [0.05, 0.1) is 28.4 Å². The first kappa shape index (κ1) is 29.7. The Morgan fingerprint density at radius 2 is 1.35 bits per heavy atom. The molecule has 4 unspecified atom stereocenters. The van der Waals surface area contributed by atoms with Gasteiger partial charge in [-0.25, -0.2) is 0 Å². The van der Waals surface area contributed by atoms with Gasteiger partial charge in [-0.1, -0.05) is 13.3 Å². The minimum Gasteiger partial charge on any atom is -0.493 e. The third-order valence-corrected chi connectivity index (χ3v) is 8.64. The van der Waals surface area contributed by atoms with Gasteiger partial charge in [-0.15, -0.1) is 24.8 Å². The van der Waals surface area contributed by atoms with E-state index in [2.05, 4.69) is 41.4 Å². The standard InChI is InChI=1S/C29H40N2O4.2ClH/c1-6-21-19(13-24-22-16-27(34-4)25(32-2)14-18(22)7-10-30-24)8-11-31-12-9-20-15-26(33-3)28(35-5)17-23(20)29(21)31;;/h14-17,19,21,24,29-30H,6-13H2,1-5H3;2*1H. The molecule has 0 spiro atoms. The molecule has 1 N–H and O–H groups in total. The lowest BCUT2D eigenvalue weighted by Crippen LogP contribution is -2.47. The van der Waals surface area contributed by atoms with Crippen molar-refractivity contribution in [3.63, 3.8) is 0 Å². The molecule has 206 valence electrons. The third kappa shape index (κ3) is 5.49. The number of nitrogens with one attached hydrogen (secondary N) is 1. The summed E-state index contributed by atoms with van der Waals surface area (Å²) in [6, 6.07) is 9.63. The van der Waals surface area contributed by atoms with Gasteiger partial charge in [0.25, 0.3) is 0 Å². The van der Waals surface area contributed by atoms with Crippen molar-refractivity contribution >= 4 is 24.8 Å². The predicted molar refractivity (Wildman–Crippen MR) is 153 cm³/mol. The number of ether oxygens (including phenoxy) is 4. The van der Waals surface area contributed by atoms with Crippen LogP contribution in [-0.4, -0.2) is 53.0 Å². The number of nitrogens with zero attached hydrogens (tertiary/aromatic N) is 1. The summed E-state index contributed by atoms with van der Waals surface area (Å²) in [5.41, 5.74) is 5.62. The summed E-state index contributed by atoms with van der Waals surface area (Å²) in [5, 5.41) is 3.83. The van der Waals surface area contributed by atoms with Crippen LogP contribution in [0.2, 0.25) is 0 Å². The topological polar surface area (TPSA) is 52.2 Å². The molecule has 5 rings (SSSR count). The molecule has 8 heteroatoms. The summed E-state index contributed by atoms with van der Waals surface area (Å²) in [6.07, 6.45) is 5.67. The van der Waals surface area contributed by atoms with Crippen LogP contribution in [0.25, 0.3) is 0 Å². The first-order chi connectivity index (χ1) is 17.1. The number of methoxy groups -OCH3 is 4. The van der Waals surface area contributed by atoms with Crippen molar-refractivity contribution in [2.45, 2.75) is 51.1 Å². The maximum absolute atomic E-state index is 5.70. The van der Waals surface area contributed by atoms with Gasteiger partial charge in [-0.3, -0.25) is 4.90 Å².